The molecule has 15 heavy (non-hydrogen) atoms. The SMILES string of the molecule is C=CCC(=O)OB1OC(C)(C)C(C)(C)O1. The molecule has 5 heteroatoms. The number of hydrogen-bond acceptors (Lipinski definition) is 4. The van der Waals surface area contributed by atoms with Crippen molar-refractivity contribution in [3.05, 3.63) is 12.7 Å². The maximum atomic E-state index is 11.2. The van der Waals surface area contributed by atoms with Crippen molar-refractivity contribution < 1.29 is 18.8 Å². The Morgan fingerprint density at radius 3 is 2.20 bits per heavy atom. The van der Waals surface area contributed by atoms with E-state index in [2.05, 4.69) is 6.58 Å². The molecule has 1 rings (SSSR count). The van der Waals surface area contributed by atoms with E-state index in [1.165, 1.54) is 6.08 Å². The molecule has 0 radical (unpaired) electrons. The second-order valence-electron chi connectivity index (χ2n) is 4.53. The highest BCUT2D eigenvalue weighted by Gasteiger charge is 2.54. The zero-order valence-electron chi connectivity index (χ0n) is 9.70. The van der Waals surface area contributed by atoms with Crippen LogP contribution in [0.5, 0.6) is 0 Å². The van der Waals surface area contributed by atoms with Gasteiger partial charge in [0, 0.05) is 0 Å². The van der Waals surface area contributed by atoms with Crippen molar-refractivity contribution in [2.24, 2.45) is 0 Å². The van der Waals surface area contributed by atoms with E-state index in [0.717, 1.165) is 0 Å². The fourth-order valence-corrected chi connectivity index (χ4v) is 1.11. The molecule has 0 aromatic heterocycles. The Morgan fingerprint density at radius 1 is 1.33 bits per heavy atom. The fraction of sp³-hybridized carbons (Fsp3) is 0.700. The van der Waals surface area contributed by atoms with Gasteiger partial charge in [0.2, 0.25) is 0 Å². The molecule has 0 aromatic carbocycles. The minimum atomic E-state index is -0.914. The smallest absolute Gasteiger partial charge is 0.485 e. The van der Waals surface area contributed by atoms with E-state index < -0.39 is 24.5 Å². The molecular weight excluding hydrogens is 195 g/mol. The molecule has 1 aliphatic heterocycles. The molecule has 4 nitrogen and oxygen atoms in total. The van der Waals surface area contributed by atoms with Crippen LogP contribution in [0.4, 0.5) is 0 Å². The number of carbonyl (C=O) groups is 1. The van der Waals surface area contributed by atoms with Gasteiger partial charge >= 0.3 is 7.32 Å². The lowest BCUT2D eigenvalue weighted by atomic mass is 9.90. The van der Waals surface area contributed by atoms with Crippen LogP contribution in [0, 0.1) is 0 Å². The van der Waals surface area contributed by atoms with Gasteiger partial charge in [-0.1, -0.05) is 6.08 Å². The first kappa shape index (κ1) is 12.3. The van der Waals surface area contributed by atoms with E-state index in [4.69, 9.17) is 14.0 Å². The first-order valence-corrected chi connectivity index (χ1v) is 4.94. The quantitative estimate of drug-likeness (QED) is 0.527. The van der Waals surface area contributed by atoms with Crippen LogP contribution in [0.1, 0.15) is 34.1 Å². The van der Waals surface area contributed by atoms with Crippen molar-refractivity contribution in [2.75, 3.05) is 0 Å². The molecule has 1 saturated heterocycles. The van der Waals surface area contributed by atoms with Crippen LogP contribution in [0.2, 0.25) is 0 Å². The van der Waals surface area contributed by atoms with Gasteiger partial charge in [-0.3, -0.25) is 4.79 Å². The van der Waals surface area contributed by atoms with Crippen molar-refractivity contribution in [3.8, 4) is 0 Å². The maximum absolute atomic E-state index is 11.2. The second kappa shape index (κ2) is 3.98. The highest BCUT2D eigenvalue weighted by molar-refractivity contribution is 6.40. The van der Waals surface area contributed by atoms with Gasteiger partial charge in [0.25, 0.3) is 5.97 Å². The number of rotatable bonds is 3. The van der Waals surface area contributed by atoms with Gasteiger partial charge in [0.05, 0.1) is 17.6 Å². The van der Waals surface area contributed by atoms with Crippen LogP contribution in [-0.2, 0) is 18.8 Å². The normalized spacial score (nSPS) is 22.5. The molecule has 1 aliphatic rings. The lowest BCUT2D eigenvalue weighted by Crippen LogP contribution is -2.41. The van der Waals surface area contributed by atoms with Gasteiger partial charge in [-0.05, 0) is 27.7 Å². The Labute approximate surface area is 90.8 Å². The summed E-state index contributed by atoms with van der Waals surface area (Å²) in [6, 6.07) is 0. The first-order chi connectivity index (χ1) is 6.78. The van der Waals surface area contributed by atoms with E-state index in [1.807, 2.05) is 27.7 Å². The zero-order valence-corrected chi connectivity index (χ0v) is 9.70. The average Bonchev–Trinajstić information content (AvgIpc) is 2.19. The lowest BCUT2D eigenvalue weighted by Gasteiger charge is -2.31. The van der Waals surface area contributed by atoms with Crippen LogP contribution < -0.4 is 0 Å². The van der Waals surface area contributed by atoms with Gasteiger partial charge in [0.1, 0.15) is 0 Å². The van der Waals surface area contributed by atoms with Gasteiger partial charge in [0.15, 0.2) is 0 Å². The molecule has 84 valence electrons. The van der Waals surface area contributed by atoms with Gasteiger partial charge < -0.3 is 14.0 Å². The largest absolute Gasteiger partial charge is 0.716 e. The summed E-state index contributed by atoms with van der Waals surface area (Å²) in [6.07, 6.45) is 1.64. The third-order valence-corrected chi connectivity index (χ3v) is 2.77. The molecule has 0 unspecified atom stereocenters. The van der Waals surface area contributed by atoms with Crippen molar-refractivity contribution in [3.63, 3.8) is 0 Å². The standard InChI is InChI=1S/C10H17BO4/c1-6-7-8(12)13-11-14-9(2,3)10(4,5)15-11/h6H,1,7H2,2-5H3. The molecule has 1 heterocycles. The Kier molecular flexibility index (Phi) is 3.26. The van der Waals surface area contributed by atoms with Crippen molar-refractivity contribution in [2.45, 2.75) is 45.3 Å². The Morgan fingerprint density at radius 2 is 1.80 bits per heavy atom. The van der Waals surface area contributed by atoms with Crippen LogP contribution in [0.25, 0.3) is 0 Å². The summed E-state index contributed by atoms with van der Waals surface area (Å²) in [5.41, 5.74) is -0.960. The topological polar surface area (TPSA) is 44.8 Å². The third kappa shape index (κ3) is 2.61. The van der Waals surface area contributed by atoms with Crippen molar-refractivity contribution in [1.29, 1.82) is 0 Å². The highest BCUT2D eigenvalue weighted by atomic mass is 16.8. The summed E-state index contributed by atoms with van der Waals surface area (Å²) in [4.78, 5) is 11.2. The first-order valence-electron chi connectivity index (χ1n) is 4.94. The molecule has 0 spiro atoms. The summed E-state index contributed by atoms with van der Waals surface area (Å²) >= 11 is 0. The number of hydrogen-bond donors (Lipinski definition) is 0. The Bertz CT molecular complexity index is 257. The van der Waals surface area contributed by atoms with Crippen LogP contribution in [0.15, 0.2) is 12.7 Å². The van der Waals surface area contributed by atoms with E-state index in [9.17, 15) is 4.79 Å². The van der Waals surface area contributed by atoms with Gasteiger partial charge in [-0.15, -0.1) is 6.58 Å². The molecule has 0 amide bonds. The molecule has 0 N–H and O–H groups in total. The van der Waals surface area contributed by atoms with E-state index >= 15 is 0 Å². The molecular formula is C10H17BO4. The summed E-state index contributed by atoms with van der Waals surface area (Å²) in [5, 5.41) is 0. The average molecular weight is 212 g/mol. The van der Waals surface area contributed by atoms with E-state index in [0.29, 0.717) is 0 Å². The zero-order chi connectivity index (χ0) is 11.7. The van der Waals surface area contributed by atoms with Gasteiger partial charge in [-0.2, -0.15) is 0 Å². The predicted octanol–water partition coefficient (Wildman–Crippen LogP) is 1.69. The molecule has 0 saturated carbocycles. The van der Waals surface area contributed by atoms with Crippen LogP contribution >= 0.6 is 0 Å². The van der Waals surface area contributed by atoms with Crippen LogP contribution in [-0.4, -0.2) is 24.5 Å². The van der Waals surface area contributed by atoms with Crippen molar-refractivity contribution >= 4 is 13.3 Å². The van der Waals surface area contributed by atoms with Gasteiger partial charge in [-0.25, -0.2) is 0 Å². The molecule has 0 atom stereocenters. The minimum absolute atomic E-state index is 0.157. The van der Waals surface area contributed by atoms with E-state index in [1.54, 1.807) is 0 Å². The maximum Gasteiger partial charge on any atom is 0.716 e. The summed E-state index contributed by atoms with van der Waals surface area (Å²) in [7, 11) is -0.914. The van der Waals surface area contributed by atoms with E-state index in [-0.39, 0.29) is 6.42 Å². The highest BCUT2D eigenvalue weighted by Crippen LogP contribution is 2.36. The predicted molar refractivity (Wildman–Crippen MR) is 57.0 cm³/mol. The Hall–Kier alpha value is -0.805. The third-order valence-electron chi connectivity index (χ3n) is 2.77. The summed E-state index contributed by atoms with van der Waals surface area (Å²) in [5.74, 6) is -0.400. The lowest BCUT2D eigenvalue weighted by molar-refractivity contribution is -0.136. The summed E-state index contributed by atoms with van der Waals surface area (Å²) in [6.45, 7) is 11.0. The minimum Gasteiger partial charge on any atom is -0.485 e. The van der Waals surface area contributed by atoms with Crippen molar-refractivity contribution in [1.82, 2.24) is 0 Å². The molecule has 0 aliphatic carbocycles. The molecule has 1 fully saturated rings. The fourth-order valence-electron chi connectivity index (χ4n) is 1.11. The second-order valence-corrected chi connectivity index (χ2v) is 4.53. The monoisotopic (exact) mass is 212 g/mol. The number of carbonyl (C=O) groups excluding carboxylic acids is 1. The molecule has 0 bridgehead atoms. The summed E-state index contributed by atoms with van der Waals surface area (Å²) < 4.78 is 15.9. The molecule has 0 aromatic rings. The van der Waals surface area contributed by atoms with Crippen LogP contribution in [0.3, 0.4) is 0 Å². The Balaban J connectivity index is 2.56.